The lowest BCUT2D eigenvalue weighted by Crippen LogP contribution is -1.99. The van der Waals surface area contributed by atoms with E-state index in [1.165, 1.54) is 13.4 Å². The van der Waals surface area contributed by atoms with Crippen molar-refractivity contribution in [1.29, 1.82) is 0 Å². The zero-order chi connectivity index (χ0) is 18.0. The highest BCUT2D eigenvalue weighted by atomic mass is 19.1. The second kappa shape index (κ2) is 6.72. The molecule has 0 fully saturated rings. The molecule has 3 N–H and O–H groups in total. The lowest BCUT2D eigenvalue weighted by molar-refractivity contribution is 0.394. The lowest BCUT2D eigenvalue weighted by Gasteiger charge is -2.11. The molecule has 0 atom stereocenters. The van der Waals surface area contributed by atoms with Crippen molar-refractivity contribution >= 4 is 5.69 Å². The molecule has 0 saturated heterocycles. The van der Waals surface area contributed by atoms with E-state index in [-0.39, 0.29) is 11.4 Å². The third-order valence-corrected chi connectivity index (χ3v) is 3.89. The van der Waals surface area contributed by atoms with Crippen molar-refractivity contribution in [3.05, 3.63) is 42.5 Å². The van der Waals surface area contributed by atoms with Gasteiger partial charge in [-0.05, 0) is 24.3 Å². The molecular weight excluding hydrogens is 325 g/mol. The molecule has 0 aliphatic heterocycles. The molecule has 0 aliphatic rings. The Hall–Kier alpha value is -3.22. The molecule has 130 valence electrons. The van der Waals surface area contributed by atoms with E-state index in [9.17, 15) is 4.39 Å². The van der Waals surface area contributed by atoms with Crippen molar-refractivity contribution < 1.29 is 18.6 Å². The van der Waals surface area contributed by atoms with E-state index in [0.717, 1.165) is 5.56 Å². The summed E-state index contributed by atoms with van der Waals surface area (Å²) in [5.74, 6) is 0.932. The molecule has 3 rings (SSSR count). The largest absolute Gasteiger partial charge is 0.497 e. The summed E-state index contributed by atoms with van der Waals surface area (Å²) in [6, 6.07) is 8.56. The fraction of sp³-hybridized carbons (Fsp3) is 0.167. The van der Waals surface area contributed by atoms with Gasteiger partial charge in [0.1, 0.15) is 22.9 Å². The first kappa shape index (κ1) is 16.6. The van der Waals surface area contributed by atoms with Crippen LogP contribution >= 0.6 is 0 Å². The molecule has 2 aromatic carbocycles. The Morgan fingerprint density at radius 3 is 2.28 bits per heavy atom. The van der Waals surface area contributed by atoms with Gasteiger partial charge in [0.2, 0.25) is 0 Å². The van der Waals surface area contributed by atoms with Gasteiger partial charge in [-0.25, -0.2) is 9.37 Å². The van der Waals surface area contributed by atoms with Gasteiger partial charge < -0.3 is 24.9 Å². The third kappa shape index (κ3) is 2.96. The highest BCUT2D eigenvalue weighted by Gasteiger charge is 2.19. The summed E-state index contributed by atoms with van der Waals surface area (Å²) in [6.45, 7) is 0. The first-order valence-electron chi connectivity index (χ1n) is 7.48. The normalized spacial score (nSPS) is 10.6. The van der Waals surface area contributed by atoms with E-state index >= 15 is 0 Å². The Bertz CT molecular complexity index is 886. The number of methoxy groups -OCH3 is 3. The van der Waals surface area contributed by atoms with Crippen LogP contribution in [0.4, 0.5) is 10.1 Å². The highest BCUT2D eigenvalue weighted by Crippen LogP contribution is 2.38. The highest BCUT2D eigenvalue weighted by molar-refractivity contribution is 5.82. The second-order valence-corrected chi connectivity index (χ2v) is 5.27. The average Bonchev–Trinajstić information content (AvgIpc) is 3.13. The molecule has 6 nitrogen and oxygen atoms in total. The van der Waals surface area contributed by atoms with Crippen LogP contribution in [0.2, 0.25) is 0 Å². The number of halogens is 1. The minimum Gasteiger partial charge on any atom is -0.497 e. The number of hydrogen-bond acceptors (Lipinski definition) is 5. The average molecular weight is 343 g/mol. The van der Waals surface area contributed by atoms with Gasteiger partial charge in [0.25, 0.3) is 0 Å². The Morgan fingerprint density at radius 1 is 1.00 bits per heavy atom. The summed E-state index contributed by atoms with van der Waals surface area (Å²) in [6.07, 6.45) is 1.50. The first-order chi connectivity index (χ1) is 12.1. The molecule has 1 heterocycles. The van der Waals surface area contributed by atoms with Crippen molar-refractivity contribution in [2.24, 2.45) is 0 Å². The number of anilines is 1. The van der Waals surface area contributed by atoms with Crippen LogP contribution in [0.5, 0.6) is 17.2 Å². The number of ether oxygens (including phenoxy) is 3. The van der Waals surface area contributed by atoms with E-state index in [4.69, 9.17) is 19.9 Å². The number of nitrogens with one attached hydrogen (secondary N) is 1. The third-order valence-electron chi connectivity index (χ3n) is 3.89. The maximum atomic E-state index is 14.7. The molecule has 7 heteroatoms. The number of rotatable bonds is 5. The monoisotopic (exact) mass is 343 g/mol. The first-order valence-corrected chi connectivity index (χ1v) is 7.48. The standard InChI is InChI=1S/C18H18FN3O3/c1-23-11-6-10(7-12(8-11)24-2)17-18(22-9-21-17)13-4-5-14(25-3)16(20)15(13)19/h4-9H,20H2,1-3H3,(H,21,22). The van der Waals surface area contributed by atoms with Crippen LogP contribution in [-0.2, 0) is 0 Å². The van der Waals surface area contributed by atoms with Crippen LogP contribution in [0.15, 0.2) is 36.7 Å². The van der Waals surface area contributed by atoms with Crippen LogP contribution in [0, 0.1) is 5.82 Å². The van der Waals surface area contributed by atoms with Crippen molar-refractivity contribution in [1.82, 2.24) is 9.97 Å². The zero-order valence-corrected chi connectivity index (χ0v) is 14.1. The number of H-pyrrole nitrogens is 1. The molecule has 0 spiro atoms. The summed E-state index contributed by atoms with van der Waals surface area (Å²) >= 11 is 0. The zero-order valence-electron chi connectivity index (χ0n) is 14.1. The van der Waals surface area contributed by atoms with Gasteiger partial charge in [-0.1, -0.05) is 0 Å². The number of nitrogens with two attached hydrogens (primary N) is 1. The van der Waals surface area contributed by atoms with Gasteiger partial charge in [0, 0.05) is 17.2 Å². The number of hydrogen-bond donors (Lipinski definition) is 2. The predicted octanol–water partition coefficient (Wildman–Crippen LogP) is 3.49. The van der Waals surface area contributed by atoms with Gasteiger partial charge in [0.05, 0.1) is 39.0 Å². The molecule has 0 bridgehead atoms. The molecule has 0 saturated carbocycles. The van der Waals surface area contributed by atoms with E-state index < -0.39 is 5.82 Å². The molecule has 0 amide bonds. The van der Waals surface area contributed by atoms with E-state index in [2.05, 4.69) is 9.97 Å². The Morgan fingerprint density at radius 2 is 1.68 bits per heavy atom. The lowest BCUT2D eigenvalue weighted by atomic mass is 10.0. The molecule has 25 heavy (non-hydrogen) atoms. The summed E-state index contributed by atoms with van der Waals surface area (Å²) in [4.78, 5) is 7.29. The van der Waals surface area contributed by atoms with E-state index in [0.29, 0.717) is 28.5 Å². The predicted molar refractivity (Wildman–Crippen MR) is 93.5 cm³/mol. The van der Waals surface area contributed by atoms with Gasteiger partial charge in [-0.2, -0.15) is 0 Å². The maximum Gasteiger partial charge on any atom is 0.159 e. The van der Waals surface area contributed by atoms with Crippen LogP contribution in [0.3, 0.4) is 0 Å². The second-order valence-electron chi connectivity index (χ2n) is 5.27. The van der Waals surface area contributed by atoms with Crippen molar-refractivity contribution in [3.8, 4) is 39.8 Å². The minimum absolute atomic E-state index is 0.0521. The molecule has 0 radical (unpaired) electrons. The Kier molecular flexibility index (Phi) is 4.47. The number of imidazole rings is 1. The number of aromatic amines is 1. The van der Waals surface area contributed by atoms with Crippen molar-refractivity contribution in [3.63, 3.8) is 0 Å². The topological polar surface area (TPSA) is 82.4 Å². The van der Waals surface area contributed by atoms with Gasteiger partial charge in [-0.15, -0.1) is 0 Å². The molecule has 0 unspecified atom stereocenters. The molecular formula is C18H18FN3O3. The minimum atomic E-state index is -0.570. The Balaban J connectivity index is 2.15. The van der Waals surface area contributed by atoms with Crippen molar-refractivity contribution in [2.75, 3.05) is 27.1 Å². The Labute approximate surface area is 144 Å². The van der Waals surface area contributed by atoms with Gasteiger partial charge in [-0.3, -0.25) is 0 Å². The summed E-state index contributed by atoms with van der Waals surface area (Å²) in [5, 5.41) is 0. The van der Waals surface area contributed by atoms with Crippen LogP contribution in [-0.4, -0.2) is 31.3 Å². The van der Waals surface area contributed by atoms with E-state index in [1.807, 2.05) is 0 Å². The number of nitrogen functional groups attached to an aromatic ring is 1. The maximum absolute atomic E-state index is 14.7. The molecule has 1 aromatic heterocycles. The van der Waals surface area contributed by atoms with Gasteiger partial charge in [0.15, 0.2) is 5.82 Å². The van der Waals surface area contributed by atoms with Crippen molar-refractivity contribution in [2.45, 2.75) is 0 Å². The SMILES string of the molecule is COc1cc(OC)cc(-c2nc[nH]c2-c2ccc(OC)c(N)c2F)c1. The van der Waals surface area contributed by atoms with Gasteiger partial charge >= 0.3 is 0 Å². The smallest absolute Gasteiger partial charge is 0.159 e. The summed E-state index contributed by atoms with van der Waals surface area (Å²) in [5.41, 5.74) is 7.83. The summed E-state index contributed by atoms with van der Waals surface area (Å²) in [7, 11) is 4.57. The van der Waals surface area contributed by atoms with Crippen LogP contribution < -0.4 is 19.9 Å². The van der Waals surface area contributed by atoms with Crippen LogP contribution in [0.25, 0.3) is 22.5 Å². The molecule has 3 aromatic rings. The number of aromatic nitrogens is 2. The van der Waals surface area contributed by atoms with Crippen LogP contribution in [0.1, 0.15) is 0 Å². The van der Waals surface area contributed by atoms with E-state index in [1.54, 1.807) is 44.6 Å². The quantitative estimate of drug-likeness (QED) is 0.693. The number of benzene rings is 2. The fourth-order valence-corrected chi connectivity index (χ4v) is 2.61. The molecule has 0 aliphatic carbocycles. The fourth-order valence-electron chi connectivity index (χ4n) is 2.61. The summed E-state index contributed by atoms with van der Waals surface area (Å²) < 4.78 is 30.3. The number of nitrogens with zero attached hydrogens (tertiary/aromatic N) is 1.